The van der Waals surface area contributed by atoms with Crippen LogP contribution in [0.3, 0.4) is 0 Å². The fraction of sp³-hybridized carbons (Fsp3) is 0.381. The first kappa shape index (κ1) is 22.9. The second-order valence-corrected chi connectivity index (χ2v) is 9.24. The van der Waals surface area contributed by atoms with Gasteiger partial charge in [0.25, 0.3) is 5.69 Å². The predicted octanol–water partition coefficient (Wildman–Crippen LogP) is 5.56. The molecule has 0 aliphatic rings. The van der Waals surface area contributed by atoms with E-state index in [1.807, 2.05) is 22.8 Å². The Kier molecular flexibility index (Phi) is 7.10. The van der Waals surface area contributed by atoms with Crippen LogP contribution in [0, 0.1) is 10.1 Å². The molecule has 0 saturated carbocycles. The van der Waals surface area contributed by atoms with Crippen LogP contribution in [-0.4, -0.2) is 39.8 Å². The monoisotopic (exact) mass is 447 g/mol. The normalized spacial score (nSPS) is 12.7. The zero-order valence-corrected chi connectivity index (χ0v) is 18.7. The molecule has 1 heterocycles. The standard InChI is InChI=1S/C21H26N3O6P/c1-4-29-31(28,30-5-2)12-6-11-23-20-9-7-16(15(3)22-25)13-18(20)19-14-17(24(26)27)8-10-21(19)23/h7-10,13-14,25H,4-6,11-12H2,1-3H3/b22-15+. The Balaban J connectivity index is 2.05. The van der Waals surface area contributed by atoms with E-state index >= 15 is 0 Å². The van der Waals surface area contributed by atoms with Gasteiger partial charge in [0, 0.05) is 40.5 Å². The first-order valence-corrected chi connectivity index (χ1v) is 11.8. The first-order valence-electron chi connectivity index (χ1n) is 10.1. The Morgan fingerprint density at radius 2 is 1.74 bits per heavy atom. The molecule has 0 radical (unpaired) electrons. The summed E-state index contributed by atoms with van der Waals surface area (Å²) in [5.41, 5.74) is 2.88. The van der Waals surface area contributed by atoms with Crippen molar-refractivity contribution < 1.29 is 23.7 Å². The largest absolute Gasteiger partial charge is 0.411 e. The number of hydrogen-bond acceptors (Lipinski definition) is 7. The zero-order valence-electron chi connectivity index (χ0n) is 17.8. The van der Waals surface area contributed by atoms with E-state index in [9.17, 15) is 14.7 Å². The van der Waals surface area contributed by atoms with E-state index in [4.69, 9.17) is 14.3 Å². The van der Waals surface area contributed by atoms with E-state index in [1.54, 1.807) is 32.9 Å². The van der Waals surface area contributed by atoms with Crippen LogP contribution in [-0.2, 0) is 20.2 Å². The van der Waals surface area contributed by atoms with Gasteiger partial charge in [-0.2, -0.15) is 0 Å². The molecule has 0 aliphatic heterocycles. The third kappa shape index (κ3) is 4.79. The van der Waals surface area contributed by atoms with Crippen LogP contribution in [0.2, 0.25) is 0 Å². The maximum Gasteiger partial charge on any atom is 0.330 e. The number of oxime groups is 1. The van der Waals surface area contributed by atoms with Crippen molar-refractivity contribution in [3.8, 4) is 0 Å². The van der Waals surface area contributed by atoms with E-state index in [1.165, 1.54) is 6.07 Å². The summed E-state index contributed by atoms with van der Waals surface area (Å²) in [6.45, 7) is 6.40. The third-order valence-corrected chi connectivity index (χ3v) is 7.26. The molecule has 31 heavy (non-hydrogen) atoms. The number of hydrogen-bond donors (Lipinski definition) is 1. The van der Waals surface area contributed by atoms with Crippen molar-refractivity contribution >= 4 is 40.8 Å². The molecule has 0 amide bonds. The number of nitro benzene ring substituents is 1. The van der Waals surface area contributed by atoms with E-state index in [0.29, 0.717) is 31.9 Å². The Hall–Kier alpha value is -2.74. The summed E-state index contributed by atoms with van der Waals surface area (Å²) in [6, 6.07) is 10.4. The van der Waals surface area contributed by atoms with Crippen molar-refractivity contribution in [3.05, 3.63) is 52.1 Å². The summed E-state index contributed by atoms with van der Waals surface area (Å²) >= 11 is 0. The molecule has 0 atom stereocenters. The summed E-state index contributed by atoms with van der Waals surface area (Å²) in [7, 11) is -3.15. The van der Waals surface area contributed by atoms with Gasteiger partial charge in [-0.1, -0.05) is 11.2 Å². The lowest BCUT2D eigenvalue weighted by Gasteiger charge is -2.17. The zero-order chi connectivity index (χ0) is 22.6. The molecule has 10 heteroatoms. The van der Waals surface area contributed by atoms with Gasteiger partial charge in [-0.25, -0.2) is 0 Å². The van der Waals surface area contributed by atoms with Crippen molar-refractivity contribution in [3.63, 3.8) is 0 Å². The highest BCUT2D eigenvalue weighted by Crippen LogP contribution is 2.48. The van der Waals surface area contributed by atoms with Crippen LogP contribution in [0.25, 0.3) is 21.8 Å². The molecule has 1 aromatic heterocycles. The van der Waals surface area contributed by atoms with Crippen LogP contribution in [0.5, 0.6) is 0 Å². The summed E-state index contributed by atoms with van der Waals surface area (Å²) in [5.74, 6) is 0. The lowest BCUT2D eigenvalue weighted by Crippen LogP contribution is -2.05. The number of benzene rings is 2. The number of non-ortho nitro benzene ring substituents is 1. The van der Waals surface area contributed by atoms with Crippen LogP contribution in [0.15, 0.2) is 41.6 Å². The summed E-state index contributed by atoms with van der Waals surface area (Å²) in [4.78, 5) is 10.9. The summed E-state index contributed by atoms with van der Waals surface area (Å²) < 4.78 is 25.6. The number of aromatic nitrogens is 1. The molecular formula is C21H26N3O6P. The number of nitro groups is 1. The lowest BCUT2D eigenvalue weighted by molar-refractivity contribution is -0.384. The van der Waals surface area contributed by atoms with Gasteiger partial charge in [-0.3, -0.25) is 14.7 Å². The highest BCUT2D eigenvalue weighted by atomic mass is 31.2. The second kappa shape index (κ2) is 9.60. The molecule has 0 bridgehead atoms. The Morgan fingerprint density at radius 1 is 1.13 bits per heavy atom. The SMILES string of the molecule is CCOP(=O)(CCCn1c2ccc(/C(C)=N/O)cc2c2cc([N+](=O)[O-])ccc21)OCC. The van der Waals surface area contributed by atoms with E-state index in [0.717, 1.165) is 27.4 Å². The molecule has 0 saturated heterocycles. The predicted molar refractivity (Wildman–Crippen MR) is 120 cm³/mol. The molecule has 0 aliphatic carbocycles. The number of rotatable bonds is 10. The minimum Gasteiger partial charge on any atom is -0.411 e. The van der Waals surface area contributed by atoms with Crippen molar-refractivity contribution in [2.45, 2.75) is 33.7 Å². The van der Waals surface area contributed by atoms with E-state index in [2.05, 4.69) is 5.16 Å². The summed E-state index contributed by atoms with van der Waals surface area (Å²) in [5, 5.41) is 25.2. The van der Waals surface area contributed by atoms with Crippen molar-refractivity contribution in [1.29, 1.82) is 0 Å². The highest BCUT2D eigenvalue weighted by Gasteiger charge is 2.23. The average Bonchev–Trinajstić information content (AvgIpc) is 3.06. The lowest BCUT2D eigenvalue weighted by atomic mass is 10.1. The molecule has 9 nitrogen and oxygen atoms in total. The van der Waals surface area contributed by atoms with Crippen LogP contribution < -0.4 is 0 Å². The minimum atomic E-state index is -3.15. The molecule has 0 fully saturated rings. The van der Waals surface area contributed by atoms with Gasteiger partial charge >= 0.3 is 7.60 Å². The average molecular weight is 447 g/mol. The number of aryl methyl sites for hydroxylation is 1. The van der Waals surface area contributed by atoms with Gasteiger partial charge in [0.15, 0.2) is 0 Å². The Labute approximate surface area is 179 Å². The van der Waals surface area contributed by atoms with Gasteiger partial charge in [0.1, 0.15) is 0 Å². The van der Waals surface area contributed by atoms with Crippen LogP contribution in [0.4, 0.5) is 5.69 Å². The fourth-order valence-corrected chi connectivity index (χ4v) is 5.36. The minimum absolute atomic E-state index is 0.00157. The van der Waals surface area contributed by atoms with Crippen molar-refractivity contribution in [1.82, 2.24) is 4.57 Å². The van der Waals surface area contributed by atoms with Gasteiger partial charge in [0.2, 0.25) is 0 Å². The van der Waals surface area contributed by atoms with Crippen molar-refractivity contribution in [2.24, 2.45) is 5.16 Å². The number of nitrogens with zero attached hydrogens (tertiary/aromatic N) is 3. The van der Waals surface area contributed by atoms with Crippen molar-refractivity contribution in [2.75, 3.05) is 19.4 Å². The smallest absolute Gasteiger partial charge is 0.330 e. The maximum absolute atomic E-state index is 12.8. The summed E-state index contributed by atoms with van der Waals surface area (Å²) in [6.07, 6.45) is 0.823. The second-order valence-electron chi connectivity index (χ2n) is 7.05. The topological polar surface area (TPSA) is 116 Å². The molecule has 0 spiro atoms. The highest BCUT2D eigenvalue weighted by molar-refractivity contribution is 7.53. The van der Waals surface area contributed by atoms with E-state index in [-0.39, 0.29) is 11.8 Å². The molecule has 3 rings (SSSR count). The number of fused-ring (bicyclic) bond motifs is 3. The molecular weight excluding hydrogens is 421 g/mol. The maximum atomic E-state index is 12.8. The molecule has 2 aromatic carbocycles. The quantitative estimate of drug-likeness (QED) is 0.143. The molecule has 0 unspecified atom stereocenters. The van der Waals surface area contributed by atoms with Gasteiger partial charge in [-0.05, 0) is 51.0 Å². The van der Waals surface area contributed by atoms with E-state index < -0.39 is 12.5 Å². The van der Waals surface area contributed by atoms with Crippen LogP contribution >= 0.6 is 7.60 Å². The van der Waals surface area contributed by atoms with Crippen LogP contribution in [0.1, 0.15) is 32.8 Å². The Morgan fingerprint density at radius 3 is 2.32 bits per heavy atom. The first-order chi connectivity index (χ1) is 14.8. The Bertz CT molecular complexity index is 1180. The van der Waals surface area contributed by atoms with Gasteiger partial charge in [0.05, 0.1) is 30.0 Å². The fourth-order valence-electron chi connectivity index (χ4n) is 3.71. The van der Waals surface area contributed by atoms with Gasteiger partial charge in [-0.15, -0.1) is 0 Å². The molecule has 3 aromatic rings. The molecule has 1 N–H and O–H groups in total. The molecule has 166 valence electrons. The third-order valence-electron chi connectivity index (χ3n) is 5.09. The van der Waals surface area contributed by atoms with Gasteiger partial charge < -0.3 is 18.8 Å².